The molecule has 4 aromatic rings. The van der Waals surface area contributed by atoms with Crippen molar-refractivity contribution in [3.8, 4) is 0 Å². The summed E-state index contributed by atoms with van der Waals surface area (Å²) in [4.78, 5) is 35.4. The summed E-state index contributed by atoms with van der Waals surface area (Å²) in [6.45, 7) is 3.31. The fourth-order valence-electron chi connectivity index (χ4n) is 6.86. The number of hydrogen-bond donors (Lipinski definition) is 4. The van der Waals surface area contributed by atoms with Crippen molar-refractivity contribution >= 4 is 78.2 Å². The first kappa shape index (κ1) is 51.5. The van der Waals surface area contributed by atoms with Crippen molar-refractivity contribution in [2.75, 3.05) is 22.4 Å². The molecule has 0 radical (unpaired) electrons. The first-order valence-corrected chi connectivity index (χ1v) is 22.0. The van der Waals surface area contributed by atoms with Crippen LogP contribution in [0, 0.1) is 0 Å². The number of hydrogen-bond acceptors (Lipinski definition) is 12. The van der Waals surface area contributed by atoms with Crippen LogP contribution < -0.4 is 80.0 Å². The van der Waals surface area contributed by atoms with Gasteiger partial charge in [0.15, 0.2) is 11.6 Å². The van der Waals surface area contributed by atoms with Gasteiger partial charge < -0.3 is 20.8 Å². The number of anilines is 2. The summed E-state index contributed by atoms with van der Waals surface area (Å²) in [6, 6.07) is 17.5. The first-order chi connectivity index (χ1) is 27.4. The van der Waals surface area contributed by atoms with Crippen molar-refractivity contribution in [2.24, 2.45) is 9.98 Å². The molecule has 5 rings (SSSR count). The van der Waals surface area contributed by atoms with Crippen LogP contribution >= 0.6 is 23.2 Å². The van der Waals surface area contributed by atoms with E-state index in [1.807, 2.05) is 0 Å². The van der Waals surface area contributed by atoms with Gasteiger partial charge in [0.25, 0.3) is 20.2 Å². The Morgan fingerprint density at radius 1 is 0.633 bits per heavy atom. The van der Waals surface area contributed by atoms with Gasteiger partial charge in [-0.15, -0.1) is 23.2 Å². The summed E-state index contributed by atoms with van der Waals surface area (Å²) in [5.74, 6) is -2.66. The van der Waals surface area contributed by atoms with Crippen molar-refractivity contribution in [1.29, 1.82) is 0 Å². The standard InChI is InChI=1S/C40H42Cl2N4O10S2.2Na/c1-23(13-15-27-25(21-43-35(47)19-41)7-5-11-33(27)57(51,52)53)45-31-17-18-32(38-37(31)39(49)29-9-3-4-10-30(29)40(38)50)46-24(2)14-16-28-26(22-44-36(48)20-42)8-6-12-34(28)58(54,55)56;;/h3-12,17-18,23-24,45-46H,13-16,19-22H2,1-2H3,(H,43,47)(H,44,48)(H,51,52,53)(H,54,55,56);;/q;2*+1/p-2. The number of alkyl halides is 2. The average molecular weight is 918 g/mol. The van der Waals surface area contributed by atoms with Crippen LogP contribution in [0.3, 0.4) is 0 Å². The minimum Gasteiger partial charge on any atom is -0.861 e. The van der Waals surface area contributed by atoms with E-state index in [-0.39, 0.29) is 153 Å². The molecule has 0 amide bonds. The molecule has 14 nitrogen and oxygen atoms in total. The van der Waals surface area contributed by atoms with Crippen LogP contribution in [0.1, 0.15) is 80.8 Å². The van der Waals surface area contributed by atoms with Crippen LogP contribution in [0.25, 0.3) is 0 Å². The number of benzene rings is 4. The van der Waals surface area contributed by atoms with Crippen molar-refractivity contribution in [3.63, 3.8) is 0 Å². The average Bonchev–Trinajstić information content (AvgIpc) is 3.19. The second-order valence-electron chi connectivity index (χ2n) is 13.7. The molecule has 0 saturated heterocycles. The number of carbonyl (C=O) groups is 2. The predicted octanol–water partition coefficient (Wildman–Crippen LogP) is -1.17. The molecule has 0 heterocycles. The monoisotopic (exact) mass is 916 g/mol. The van der Waals surface area contributed by atoms with Gasteiger partial charge in [-0.3, -0.25) is 28.7 Å². The molecule has 0 saturated carbocycles. The molecule has 308 valence electrons. The van der Waals surface area contributed by atoms with E-state index in [0.29, 0.717) is 22.5 Å². The van der Waals surface area contributed by atoms with Gasteiger partial charge in [0.1, 0.15) is 0 Å². The Hall–Kier alpha value is -2.84. The molecule has 2 atom stereocenters. The minimum atomic E-state index is -4.63. The van der Waals surface area contributed by atoms with Crippen LogP contribution in [-0.2, 0) is 46.2 Å². The topological polar surface area (TPSA) is 238 Å². The Morgan fingerprint density at radius 2 is 1.00 bits per heavy atom. The molecule has 20 heteroatoms. The van der Waals surface area contributed by atoms with E-state index in [1.54, 1.807) is 62.4 Å². The molecule has 60 heavy (non-hydrogen) atoms. The molecular weight excluding hydrogens is 877 g/mol. The largest absolute Gasteiger partial charge is 1.00 e. The van der Waals surface area contributed by atoms with Crippen LogP contribution in [0.15, 0.2) is 92.6 Å². The van der Waals surface area contributed by atoms with Gasteiger partial charge in [0, 0.05) is 34.6 Å². The summed E-state index contributed by atoms with van der Waals surface area (Å²) in [5.41, 5.74) is 2.73. The molecular formula is C40H40Cl2N4Na2O10S2. The third-order valence-electron chi connectivity index (χ3n) is 9.63. The first-order valence-electron chi connectivity index (χ1n) is 18.0. The van der Waals surface area contributed by atoms with Crippen LogP contribution in [0.2, 0.25) is 0 Å². The zero-order valence-electron chi connectivity index (χ0n) is 33.4. The fraction of sp³-hybridized carbons (Fsp3) is 0.300. The maximum Gasteiger partial charge on any atom is 1.00 e. The van der Waals surface area contributed by atoms with E-state index in [0.717, 1.165) is 0 Å². The molecule has 2 unspecified atom stereocenters. The molecule has 0 aliphatic heterocycles. The number of aliphatic imine (C=N–C) groups is 2. The maximum absolute atomic E-state index is 14.2. The summed E-state index contributed by atoms with van der Waals surface area (Å²) < 4.78 is 69.2. The van der Waals surface area contributed by atoms with E-state index < -0.39 is 55.7 Å². The Kier molecular flexibility index (Phi) is 19.3. The van der Waals surface area contributed by atoms with Crippen molar-refractivity contribution in [3.05, 3.63) is 117 Å². The van der Waals surface area contributed by atoms with E-state index in [4.69, 9.17) is 23.2 Å². The van der Waals surface area contributed by atoms with Crippen LogP contribution in [-0.4, -0.2) is 73.1 Å². The molecule has 0 bridgehead atoms. The smallest absolute Gasteiger partial charge is 0.861 e. The number of carbonyl (C=O) groups excluding carboxylic acids is 2. The predicted molar refractivity (Wildman–Crippen MR) is 219 cm³/mol. The molecule has 0 aromatic heterocycles. The summed E-state index contributed by atoms with van der Waals surface area (Å²) in [6.07, 6.45) is 0.818. The van der Waals surface area contributed by atoms with E-state index in [2.05, 4.69) is 20.6 Å². The van der Waals surface area contributed by atoms with Gasteiger partial charge >= 0.3 is 59.1 Å². The summed E-state index contributed by atoms with van der Waals surface area (Å²) in [7, 11) is -9.27. The van der Waals surface area contributed by atoms with Crippen molar-refractivity contribution < 1.29 is 105 Å². The van der Waals surface area contributed by atoms with Gasteiger partial charge in [0.05, 0.1) is 45.8 Å². The van der Waals surface area contributed by atoms with Gasteiger partial charge in [0.2, 0.25) is 0 Å². The second-order valence-corrected chi connectivity index (χ2v) is 17.0. The van der Waals surface area contributed by atoms with Gasteiger partial charge in [-0.05, 0) is 97.8 Å². The van der Waals surface area contributed by atoms with Gasteiger partial charge in [-0.2, -0.15) is 16.8 Å². The normalized spacial score (nSPS) is 14.0. The minimum absolute atomic E-state index is 0. The summed E-state index contributed by atoms with van der Waals surface area (Å²) >= 11 is 11.2. The van der Waals surface area contributed by atoms with Gasteiger partial charge in [-0.1, -0.05) is 48.5 Å². The Bertz CT molecular complexity index is 2350. The molecule has 4 N–H and O–H groups in total. The quantitative estimate of drug-likeness (QED) is 0.0268. The number of rotatable bonds is 18. The van der Waals surface area contributed by atoms with E-state index in [9.17, 15) is 45.7 Å². The maximum atomic E-state index is 14.2. The zero-order valence-corrected chi connectivity index (χ0v) is 40.5. The number of nitrogens with one attached hydrogen (secondary N) is 2. The van der Waals surface area contributed by atoms with E-state index in [1.165, 1.54) is 24.3 Å². The molecule has 1 aliphatic carbocycles. The SMILES string of the molecule is CC(CCc1c(CN=C([O-])CCl)cccc1S(=O)(=O)O)Nc1ccc(NC(C)CCc2c(CN=C([O-])CCl)cccc2S(=O)(=O)O)c2c1C(=O)c1ccccc1C2=O.[Na+].[Na+]. The van der Waals surface area contributed by atoms with Gasteiger partial charge in [-0.25, -0.2) is 0 Å². The molecule has 0 fully saturated rings. The molecule has 4 aromatic carbocycles. The fourth-order valence-corrected chi connectivity index (χ4v) is 8.62. The molecule has 0 spiro atoms. The number of ketones is 2. The number of nitrogens with zero attached hydrogens (tertiary/aromatic N) is 2. The van der Waals surface area contributed by atoms with Crippen LogP contribution in [0.4, 0.5) is 11.4 Å². The Balaban J connectivity index is 0.00000480. The third-order valence-corrected chi connectivity index (χ3v) is 12.0. The summed E-state index contributed by atoms with van der Waals surface area (Å²) in [5, 5.41) is 30.2. The second kappa shape index (κ2) is 22.5. The Morgan fingerprint density at radius 3 is 1.33 bits per heavy atom. The zero-order chi connectivity index (χ0) is 42.4. The van der Waals surface area contributed by atoms with Crippen LogP contribution in [0.5, 0.6) is 0 Å². The molecule has 1 aliphatic rings. The van der Waals surface area contributed by atoms with Crippen molar-refractivity contribution in [2.45, 2.75) is 74.5 Å². The Labute approximate surface area is 403 Å². The number of fused-ring (bicyclic) bond motifs is 2. The third kappa shape index (κ3) is 12.6. The number of halogens is 2. The van der Waals surface area contributed by atoms with E-state index >= 15 is 0 Å². The van der Waals surface area contributed by atoms with Crippen molar-refractivity contribution in [1.82, 2.24) is 0 Å².